The predicted octanol–water partition coefficient (Wildman–Crippen LogP) is 3.73. The van der Waals surface area contributed by atoms with Crippen LogP contribution in [0.25, 0.3) is 5.82 Å². The first-order valence-electron chi connectivity index (χ1n) is 8.98. The topological polar surface area (TPSA) is 106 Å². The second-order valence-electron chi connectivity index (χ2n) is 6.89. The highest BCUT2D eigenvalue weighted by Gasteiger charge is 2.49. The largest absolute Gasteiger partial charge is 0.417 e. The number of alkyl halides is 3. The molecule has 0 aromatic carbocycles. The van der Waals surface area contributed by atoms with Crippen molar-refractivity contribution >= 4 is 27.9 Å². The molecule has 0 atom stereocenters. The van der Waals surface area contributed by atoms with Crippen molar-refractivity contribution in [1.29, 1.82) is 5.26 Å². The van der Waals surface area contributed by atoms with Gasteiger partial charge in [-0.3, -0.25) is 9.98 Å². The first-order valence-corrected chi connectivity index (χ1v) is 10.8. The lowest BCUT2D eigenvalue weighted by Crippen LogP contribution is -2.16. The smallest absolute Gasteiger partial charge is 0.260 e. The molecule has 1 saturated carbocycles. The molecule has 1 aliphatic carbocycles. The number of thioether (sulfide) groups is 2. The Morgan fingerprint density at radius 2 is 2.10 bits per heavy atom. The zero-order valence-electron chi connectivity index (χ0n) is 15.5. The standard InChI is InChI=1S/C18H11F3N8S2/c19-18(20,21)11-3-10(5-22)13(24-6-11)7-30-16-26-17(1-2-17)12-4-14(27-28-15(12)31-16)29-9-23-8-25-29/h3-4,6,8-9H,1-2,7H2. The average Bonchev–Trinajstić information content (AvgIpc) is 3.30. The number of aliphatic imine (C=N–C) groups is 1. The van der Waals surface area contributed by atoms with Gasteiger partial charge in [0.15, 0.2) is 5.82 Å². The van der Waals surface area contributed by atoms with Crippen molar-refractivity contribution in [3.63, 3.8) is 0 Å². The summed E-state index contributed by atoms with van der Waals surface area (Å²) in [5, 5.41) is 22.6. The van der Waals surface area contributed by atoms with Gasteiger partial charge in [-0.15, -0.1) is 10.2 Å². The Morgan fingerprint density at radius 3 is 2.77 bits per heavy atom. The molecule has 0 amide bonds. The molecule has 0 N–H and O–H groups in total. The van der Waals surface area contributed by atoms with E-state index < -0.39 is 11.7 Å². The fraction of sp³-hybridized carbons (Fsp3) is 0.278. The maximum atomic E-state index is 12.9. The van der Waals surface area contributed by atoms with Gasteiger partial charge in [-0.05, 0) is 36.7 Å². The van der Waals surface area contributed by atoms with Gasteiger partial charge in [0.05, 0.1) is 22.4 Å². The molecular formula is C18H11F3N8S2. The van der Waals surface area contributed by atoms with Crippen LogP contribution in [-0.4, -0.2) is 34.3 Å². The maximum Gasteiger partial charge on any atom is 0.417 e. The molecule has 5 rings (SSSR count). The molecule has 0 radical (unpaired) electrons. The third-order valence-corrected chi connectivity index (χ3v) is 6.99. The van der Waals surface area contributed by atoms with Crippen molar-refractivity contribution in [3.05, 3.63) is 53.4 Å². The number of nitrogens with zero attached hydrogens (tertiary/aromatic N) is 8. The molecule has 1 spiro atoms. The van der Waals surface area contributed by atoms with Gasteiger partial charge in [0.25, 0.3) is 0 Å². The minimum Gasteiger partial charge on any atom is -0.260 e. The van der Waals surface area contributed by atoms with Crippen LogP contribution in [0, 0.1) is 11.3 Å². The summed E-state index contributed by atoms with van der Waals surface area (Å²) in [6.07, 6.45) is 0.908. The van der Waals surface area contributed by atoms with Crippen LogP contribution in [0.1, 0.15) is 35.2 Å². The number of pyridine rings is 1. The van der Waals surface area contributed by atoms with Crippen LogP contribution in [0.4, 0.5) is 13.2 Å². The molecule has 1 fully saturated rings. The third kappa shape index (κ3) is 3.77. The molecule has 13 heteroatoms. The van der Waals surface area contributed by atoms with E-state index in [1.54, 1.807) is 12.4 Å². The number of halogens is 3. The summed E-state index contributed by atoms with van der Waals surface area (Å²) in [5.74, 6) is 0.782. The number of nitriles is 1. The monoisotopic (exact) mass is 460 g/mol. The normalized spacial score (nSPS) is 16.5. The lowest BCUT2D eigenvalue weighted by molar-refractivity contribution is -0.137. The quantitative estimate of drug-likeness (QED) is 0.582. The SMILES string of the molecule is N#Cc1cc(C(F)(F)F)cnc1CSC1=NC2(CC2)c2cc(-n3cncn3)nnc2S1. The minimum absolute atomic E-state index is 0.0949. The number of aromatic nitrogens is 6. The molecule has 0 unspecified atom stereocenters. The van der Waals surface area contributed by atoms with Crippen molar-refractivity contribution in [2.75, 3.05) is 0 Å². The molecule has 4 heterocycles. The lowest BCUT2D eigenvalue weighted by atomic mass is 10.1. The van der Waals surface area contributed by atoms with Gasteiger partial charge in [-0.1, -0.05) is 11.8 Å². The number of hydrogen-bond acceptors (Lipinski definition) is 9. The van der Waals surface area contributed by atoms with Crippen LogP contribution in [0.5, 0.6) is 0 Å². The van der Waals surface area contributed by atoms with Crippen molar-refractivity contribution in [2.24, 2.45) is 4.99 Å². The number of rotatable bonds is 3. The van der Waals surface area contributed by atoms with Gasteiger partial charge in [-0.2, -0.15) is 23.5 Å². The Hall–Kier alpha value is -2.98. The fourth-order valence-electron chi connectivity index (χ4n) is 3.11. The highest BCUT2D eigenvalue weighted by atomic mass is 32.2. The van der Waals surface area contributed by atoms with Crippen molar-refractivity contribution in [2.45, 2.75) is 35.3 Å². The Kier molecular flexibility index (Phi) is 4.71. The summed E-state index contributed by atoms with van der Waals surface area (Å²) >= 11 is 2.67. The summed E-state index contributed by atoms with van der Waals surface area (Å²) in [6, 6.07) is 4.54. The van der Waals surface area contributed by atoms with Crippen LogP contribution in [0.2, 0.25) is 0 Å². The van der Waals surface area contributed by atoms with Gasteiger partial charge in [-0.25, -0.2) is 9.67 Å². The highest BCUT2D eigenvalue weighted by molar-refractivity contribution is 8.38. The van der Waals surface area contributed by atoms with Gasteiger partial charge in [0, 0.05) is 17.5 Å². The molecule has 0 bridgehead atoms. The lowest BCUT2D eigenvalue weighted by Gasteiger charge is -2.21. The molecule has 3 aromatic rings. The summed E-state index contributed by atoms with van der Waals surface area (Å²) in [4.78, 5) is 12.6. The summed E-state index contributed by atoms with van der Waals surface area (Å²) in [7, 11) is 0. The van der Waals surface area contributed by atoms with Crippen LogP contribution in [0.3, 0.4) is 0 Å². The van der Waals surface area contributed by atoms with Crippen LogP contribution < -0.4 is 0 Å². The predicted molar refractivity (Wildman–Crippen MR) is 106 cm³/mol. The fourth-order valence-corrected chi connectivity index (χ4v) is 5.31. The number of hydrogen-bond donors (Lipinski definition) is 0. The van der Waals surface area contributed by atoms with Gasteiger partial charge >= 0.3 is 6.18 Å². The van der Waals surface area contributed by atoms with Gasteiger partial charge < -0.3 is 0 Å². The molecule has 8 nitrogen and oxygen atoms in total. The molecule has 3 aromatic heterocycles. The molecule has 2 aliphatic rings. The molecule has 31 heavy (non-hydrogen) atoms. The van der Waals surface area contributed by atoms with E-state index in [0.29, 0.717) is 5.82 Å². The summed E-state index contributed by atoms with van der Waals surface area (Å²) in [5.41, 5.74) is -0.131. The molecule has 0 saturated heterocycles. The van der Waals surface area contributed by atoms with E-state index in [0.717, 1.165) is 40.1 Å². The molecular weight excluding hydrogens is 449 g/mol. The Balaban J connectivity index is 1.37. The van der Waals surface area contributed by atoms with Crippen molar-refractivity contribution in [3.8, 4) is 11.9 Å². The first kappa shape index (κ1) is 20.0. The third-order valence-electron chi connectivity index (χ3n) is 4.87. The maximum absolute atomic E-state index is 12.9. The van der Waals surface area contributed by atoms with E-state index in [4.69, 9.17) is 4.99 Å². The average molecular weight is 460 g/mol. The van der Waals surface area contributed by atoms with Gasteiger partial charge in [0.1, 0.15) is 28.1 Å². The summed E-state index contributed by atoms with van der Waals surface area (Å²) < 4.78 is 40.8. The van der Waals surface area contributed by atoms with E-state index in [1.165, 1.54) is 34.5 Å². The highest BCUT2D eigenvalue weighted by Crippen LogP contribution is 2.56. The van der Waals surface area contributed by atoms with Crippen LogP contribution in [0.15, 0.2) is 41.0 Å². The Labute approximate surface area is 182 Å². The van der Waals surface area contributed by atoms with E-state index >= 15 is 0 Å². The van der Waals surface area contributed by atoms with Crippen molar-refractivity contribution in [1.82, 2.24) is 29.9 Å². The zero-order chi connectivity index (χ0) is 21.6. The van der Waals surface area contributed by atoms with Gasteiger partial charge in [0.2, 0.25) is 0 Å². The number of fused-ring (bicyclic) bond motifs is 2. The van der Waals surface area contributed by atoms with E-state index in [2.05, 4.69) is 25.3 Å². The Bertz CT molecular complexity index is 1230. The summed E-state index contributed by atoms with van der Waals surface area (Å²) in [6.45, 7) is 0. The first-order chi connectivity index (χ1) is 14.9. The van der Waals surface area contributed by atoms with E-state index in [9.17, 15) is 18.4 Å². The van der Waals surface area contributed by atoms with Crippen LogP contribution >= 0.6 is 23.5 Å². The van der Waals surface area contributed by atoms with E-state index in [1.807, 2.05) is 6.07 Å². The van der Waals surface area contributed by atoms with Crippen LogP contribution in [-0.2, 0) is 17.5 Å². The molecule has 1 aliphatic heterocycles. The second-order valence-corrected chi connectivity index (χ2v) is 9.09. The second kappa shape index (κ2) is 7.31. The van der Waals surface area contributed by atoms with E-state index in [-0.39, 0.29) is 22.5 Å². The minimum atomic E-state index is -4.54. The zero-order valence-corrected chi connectivity index (χ0v) is 17.2. The van der Waals surface area contributed by atoms with Crippen molar-refractivity contribution < 1.29 is 13.2 Å². The molecule has 156 valence electrons. The Morgan fingerprint density at radius 1 is 1.26 bits per heavy atom.